The summed E-state index contributed by atoms with van der Waals surface area (Å²) >= 11 is 3.14. The van der Waals surface area contributed by atoms with E-state index in [0.717, 1.165) is 5.56 Å². The third-order valence-corrected chi connectivity index (χ3v) is 2.62. The van der Waals surface area contributed by atoms with Crippen molar-refractivity contribution in [3.8, 4) is 0 Å². The van der Waals surface area contributed by atoms with Gasteiger partial charge in [-0.05, 0) is 54.4 Å². The van der Waals surface area contributed by atoms with E-state index < -0.39 is 0 Å². The molecule has 0 aliphatic rings. The van der Waals surface area contributed by atoms with Crippen LogP contribution in [0.2, 0.25) is 0 Å². The fourth-order valence-electron chi connectivity index (χ4n) is 1.23. The summed E-state index contributed by atoms with van der Waals surface area (Å²) in [5, 5.41) is 0. The van der Waals surface area contributed by atoms with Crippen LogP contribution in [0, 0.1) is 5.82 Å². The summed E-state index contributed by atoms with van der Waals surface area (Å²) in [5.41, 5.74) is 0.802. The zero-order chi connectivity index (χ0) is 12.9. The van der Waals surface area contributed by atoms with E-state index in [4.69, 9.17) is 9.47 Å². The van der Waals surface area contributed by atoms with Crippen LogP contribution in [0.15, 0.2) is 22.7 Å². The molecule has 0 amide bonds. The number of ether oxygens (including phenoxy) is 2. The van der Waals surface area contributed by atoms with Crippen LogP contribution >= 0.6 is 15.9 Å². The SMILES string of the molecule is CC(C)(C)OCCOCc1ccc(F)c(Br)c1. The Balaban J connectivity index is 2.25. The van der Waals surface area contributed by atoms with Gasteiger partial charge in [-0.3, -0.25) is 0 Å². The Labute approximate surface area is 110 Å². The van der Waals surface area contributed by atoms with Crippen LogP contribution in [0.1, 0.15) is 26.3 Å². The summed E-state index contributed by atoms with van der Waals surface area (Å²) in [6.45, 7) is 7.57. The zero-order valence-corrected chi connectivity index (χ0v) is 12.0. The highest BCUT2D eigenvalue weighted by Gasteiger charge is 2.09. The summed E-state index contributed by atoms with van der Waals surface area (Å²) in [7, 11) is 0. The van der Waals surface area contributed by atoms with Gasteiger partial charge in [0.2, 0.25) is 0 Å². The lowest BCUT2D eigenvalue weighted by molar-refractivity contribution is -0.0376. The minimum absolute atomic E-state index is 0.137. The molecule has 0 fully saturated rings. The van der Waals surface area contributed by atoms with E-state index in [1.165, 1.54) is 6.07 Å². The molecule has 0 saturated heterocycles. The predicted octanol–water partition coefficient (Wildman–Crippen LogP) is 3.92. The first-order valence-corrected chi connectivity index (χ1v) is 6.33. The highest BCUT2D eigenvalue weighted by Crippen LogP contribution is 2.17. The molecule has 1 aromatic rings. The molecule has 2 nitrogen and oxygen atoms in total. The van der Waals surface area contributed by atoms with Gasteiger partial charge in [0.1, 0.15) is 5.82 Å². The van der Waals surface area contributed by atoms with E-state index in [0.29, 0.717) is 24.3 Å². The van der Waals surface area contributed by atoms with Crippen LogP contribution in [-0.4, -0.2) is 18.8 Å². The Kier molecular flexibility index (Phi) is 5.56. The van der Waals surface area contributed by atoms with Crippen molar-refractivity contribution in [2.24, 2.45) is 0 Å². The van der Waals surface area contributed by atoms with E-state index in [9.17, 15) is 4.39 Å². The summed E-state index contributed by atoms with van der Waals surface area (Å²) < 4.78 is 24.4. The van der Waals surface area contributed by atoms with Crippen molar-refractivity contribution in [3.05, 3.63) is 34.1 Å². The second kappa shape index (κ2) is 6.47. The molecule has 0 saturated carbocycles. The van der Waals surface area contributed by atoms with Crippen LogP contribution in [-0.2, 0) is 16.1 Å². The molecule has 0 heterocycles. The summed E-state index contributed by atoms with van der Waals surface area (Å²) in [5.74, 6) is -0.259. The number of hydrogen-bond donors (Lipinski definition) is 0. The maximum absolute atomic E-state index is 13.0. The minimum Gasteiger partial charge on any atom is -0.374 e. The Morgan fingerprint density at radius 3 is 2.53 bits per heavy atom. The number of hydrogen-bond acceptors (Lipinski definition) is 2. The second-order valence-corrected chi connectivity index (χ2v) is 5.62. The first kappa shape index (κ1) is 14.6. The molecule has 0 radical (unpaired) electrons. The molecule has 1 rings (SSSR count). The van der Waals surface area contributed by atoms with Gasteiger partial charge in [-0.15, -0.1) is 0 Å². The highest BCUT2D eigenvalue weighted by atomic mass is 79.9. The van der Waals surface area contributed by atoms with Gasteiger partial charge in [0, 0.05) is 0 Å². The molecule has 0 bridgehead atoms. The molecular formula is C13H18BrFO2. The molecule has 17 heavy (non-hydrogen) atoms. The van der Waals surface area contributed by atoms with Crippen LogP contribution in [0.3, 0.4) is 0 Å². The highest BCUT2D eigenvalue weighted by molar-refractivity contribution is 9.10. The lowest BCUT2D eigenvalue weighted by Crippen LogP contribution is -2.21. The first-order valence-electron chi connectivity index (χ1n) is 5.54. The van der Waals surface area contributed by atoms with Crippen molar-refractivity contribution in [1.82, 2.24) is 0 Å². The fraction of sp³-hybridized carbons (Fsp3) is 0.538. The number of benzene rings is 1. The maximum Gasteiger partial charge on any atom is 0.137 e. The van der Waals surface area contributed by atoms with Crippen molar-refractivity contribution >= 4 is 15.9 Å². The Morgan fingerprint density at radius 2 is 1.94 bits per heavy atom. The maximum atomic E-state index is 13.0. The van der Waals surface area contributed by atoms with Crippen LogP contribution in [0.5, 0.6) is 0 Å². The number of rotatable bonds is 5. The average Bonchev–Trinajstić information content (AvgIpc) is 2.21. The third-order valence-electron chi connectivity index (χ3n) is 2.02. The average molecular weight is 305 g/mol. The lowest BCUT2D eigenvalue weighted by Gasteiger charge is -2.19. The molecule has 0 N–H and O–H groups in total. The van der Waals surface area contributed by atoms with Gasteiger partial charge in [-0.2, -0.15) is 0 Å². The molecule has 0 atom stereocenters. The molecule has 96 valence electrons. The summed E-state index contributed by atoms with van der Waals surface area (Å²) in [6.07, 6.45) is 0. The summed E-state index contributed by atoms with van der Waals surface area (Å²) in [6, 6.07) is 4.86. The quantitative estimate of drug-likeness (QED) is 0.768. The molecule has 0 aliphatic carbocycles. The molecule has 0 unspecified atom stereocenters. The van der Waals surface area contributed by atoms with E-state index in [2.05, 4.69) is 15.9 Å². The van der Waals surface area contributed by atoms with Crippen LogP contribution < -0.4 is 0 Å². The van der Waals surface area contributed by atoms with Gasteiger partial charge in [0.25, 0.3) is 0 Å². The van der Waals surface area contributed by atoms with Gasteiger partial charge in [-0.1, -0.05) is 6.07 Å². The predicted molar refractivity (Wildman–Crippen MR) is 69.5 cm³/mol. The monoisotopic (exact) mass is 304 g/mol. The van der Waals surface area contributed by atoms with Crippen LogP contribution in [0.4, 0.5) is 4.39 Å². The number of halogens is 2. The Morgan fingerprint density at radius 1 is 1.24 bits per heavy atom. The standard InChI is InChI=1S/C13H18BrFO2/c1-13(2,3)17-7-6-16-9-10-4-5-12(15)11(14)8-10/h4-5,8H,6-7,9H2,1-3H3. The Bertz CT molecular complexity index is 361. The summed E-state index contributed by atoms with van der Waals surface area (Å²) in [4.78, 5) is 0. The molecular weight excluding hydrogens is 287 g/mol. The normalized spacial score (nSPS) is 11.8. The smallest absolute Gasteiger partial charge is 0.137 e. The zero-order valence-electron chi connectivity index (χ0n) is 10.4. The van der Waals surface area contributed by atoms with Crippen molar-refractivity contribution in [2.75, 3.05) is 13.2 Å². The Hall–Kier alpha value is -0.450. The largest absolute Gasteiger partial charge is 0.374 e. The molecule has 0 aliphatic heterocycles. The van der Waals surface area contributed by atoms with E-state index >= 15 is 0 Å². The van der Waals surface area contributed by atoms with Crippen molar-refractivity contribution in [1.29, 1.82) is 0 Å². The van der Waals surface area contributed by atoms with E-state index in [1.54, 1.807) is 12.1 Å². The van der Waals surface area contributed by atoms with Gasteiger partial charge in [0.05, 0.1) is 29.9 Å². The first-order chi connectivity index (χ1) is 7.88. The molecule has 4 heteroatoms. The fourth-order valence-corrected chi connectivity index (χ4v) is 1.65. The van der Waals surface area contributed by atoms with Gasteiger partial charge in [0.15, 0.2) is 0 Å². The van der Waals surface area contributed by atoms with Gasteiger partial charge >= 0.3 is 0 Å². The molecule has 0 aromatic heterocycles. The molecule has 0 spiro atoms. The van der Waals surface area contributed by atoms with Crippen molar-refractivity contribution < 1.29 is 13.9 Å². The topological polar surface area (TPSA) is 18.5 Å². The van der Waals surface area contributed by atoms with Gasteiger partial charge in [-0.25, -0.2) is 4.39 Å². The second-order valence-electron chi connectivity index (χ2n) is 4.76. The molecule has 1 aromatic carbocycles. The minimum atomic E-state index is -0.259. The van der Waals surface area contributed by atoms with E-state index in [1.807, 2.05) is 20.8 Å². The van der Waals surface area contributed by atoms with Crippen LogP contribution in [0.25, 0.3) is 0 Å². The third kappa shape index (κ3) is 6.15. The lowest BCUT2D eigenvalue weighted by atomic mass is 10.2. The van der Waals surface area contributed by atoms with Crippen molar-refractivity contribution in [3.63, 3.8) is 0 Å². The van der Waals surface area contributed by atoms with E-state index in [-0.39, 0.29) is 11.4 Å². The van der Waals surface area contributed by atoms with Crippen molar-refractivity contribution in [2.45, 2.75) is 33.0 Å². The van der Waals surface area contributed by atoms with Gasteiger partial charge < -0.3 is 9.47 Å².